The molecule has 2 heterocycles. The van der Waals surface area contributed by atoms with E-state index in [1.807, 2.05) is 0 Å². The van der Waals surface area contributed by atoms with E-state index in [1.54, 1.807) is 94.1 Å². The fraction of sp³-hybridized carbons (Fsp3) is 0.762. The molecule has 0 bridgehead atoms. The van der Waals surface area contributed by atoms with Gasteiger partial charge >= 0.3 is 0 Å². The normalized spacial score (nSPS) is 13.9. The van der Waals surface area contributed by atoms with E-state index in [1.165, 1.54) is 45.0 Å². The molecule has 2 aliphatic rings. The summed E-state index contributed by atoms with van der Waals surface area (Å²) in [7, 11) is 0. The summed E-state index contributed by atoms with van der Waals surface area (Å²) >= 11 is 14.1. The van der Waals surface area contributed by atoms with Gasteiger partial charge in [0.1, 0.15) is 0 Å². The zero-order chi connectivity index (χ0) is 48.4. The number of hydrogen-bond donors (Lipinski definition) is 8. The van der Waals surface area contributed by atoms with Gasteiger partial charge in [-0.25, -0.2) is 0 Å². The molecule has 0 saturated heterocycles. The molecule has 2 aliphatic heterocycles. The fourth-order valence-electron chi connectivity index (χ4n) is 6.28. The van der Waals surface area contributed by atoms with Crippen LogP contribution in [0.15, 0.2) is 25.4 Å². The van der Waals surface area contributed by atoms with E-state index >= 15 is 0 Å². The number of carbonyl (C=O) groups excluding carboxylic acids is 4. The zero-order valence-electron chi connectivity index (χ0n) is 37.9. The van der Waals surface area contributed by atoms with Crippen molar-refractivity contribution in [2.45, 2.75) is 77.0 Å². The van der Waals surface area contributed by atoms with Crippen molar-refractivity contribution in [2.24, 2.45) is 0 Å². The number of carbonyl (C=O) groups is 4. The number of aliphatic hydroxyl groups is 8. The second-order valence-corrected chi connectivity index (χ2v) is 24.7. The third kappa shape index (κ3) is 25.1. The smallest absolute Gasteiger partial charge is 0.222 e. The molecular weight excluding hydrogens is 1010 g/mol. The van der Waals surface area contributed by atoms with Crippen molar-refractivity contribution < 1.29 is 60.0 Å². The van der Waals surface area contributed by atoms with E-state index in [9.17, 15) is 60.0 Å². The minimum Gasteiger partial charge on any atom is -0.395 e. The maximum absolute atomic E-state index is 12.7. The van der Waals surface area contributed by atoms with E-state index in [0.29, 0.717) is 51.4 Å². The minimum absolute atomic E-state index is 0.0803. The van der Waals surface area contributed by atoms with Crippen molar-refractivity contribution >= 4 is 118 Å². The maximum atomic E-state index is 12.7. The zero-order valence-corrected chi connectivity index (χ0v) is 44.4. The second kappa shape index (κ2) is 39.2. The molecule has 0 saturated carbocycles. The van der Waals surface area contributed by atoms with Crippen LogP contribution in [0.1, 0.15) is 77.0 Å². The van der Waals surface area contributed by atoms with E-state index in [2.05, 4.69) is 0 Å². The number of aliphatic hydroxyl groups excluding tert-OH is 8. The van der Waals surface area contributed by atoms with Crippen LogP contribution in [0.5, 0.6) is 0 Å². The lowest BCUT2D eigenvalue weighted by Gasteiger charge is -2.20. The first-order valence-electron chi connectivity index (χ1n) is 22.5. The summed E-state index contributed by atoms with van der Waals surface area (Å²) in [6, 6.07) is 0. The molecule has 0 unspecified atom stereocenters. The third-order valence-electron chi connectivity index (χ3n) is 9.68. The van der Waals surface area contributed by atoms with Crippen LogP contribution in [0.3, 0.4) is 0 Å². The Bertz CT molecular complexity index is 1300. The Morgan fingerprint density at radius 3 is 0.667 bits per heavy atom. The van der Waals surface area contributed by atoms with Crippen LogP contribution in [0.25, 0.3) is 0 Å². The molecule has 66 heavy (non-hydrogen) atoms. The lowest BCUT2D eigenvalue weighted by molar-refractivity contribution is -0.133. The first-order valence-corrected chi connectivity index (χ1v) is 29.7. The van der Waals surface area contributed by atoms with E-state index in [4.69, 9.17) is 0 Å². The van der Waals surface area contributed by atoms with Crippen LogP contribution in [0.2, 0.25) is 0 Å². The summed E-state index contributed by atoms with van der Waals surface area (Å²) in [6.45, 7) is 0.373. The van der Waals surface area contributed by atoms with E-state index in [-0.39, 0.29) is 129 Å². The van der Waals surface area contributed by atoms with Crippen LogP contribution in [0.4, 0.5) is 0 Å². The second-order valence-electron chi connectivity index (χ2n) is 14.7. The molecule has 4 amide bonds. The minimum atomic E-state index is -0.154. The standard InChI is InChI=1S/C42H72N4O12S8/c47-21-13-43(14-22-48)33(55)9-1-5-29-59-37-38(60-30-6-2-10-34(56)44(15-23-49)16-24-50)64-41(63-37)42-65-39(61-31-7-3-11-35(57)45(17-25-51)18-26-52)40(66-42)62-32-8-4-12-36(58)46(19-27-53)20-28-54/h47-54H,1-32H2. The number of unbranched alkanes of at least 4 members (excludes halogenated alkanes) is 4. The van der Waals surface area contributed by atoms with Crippen LogP contribution >= 0.6 is 94.1 Å². The Hall–Kier alpha value is -0.420. The highest BCUT2D eigenvalue weighted by Crippen LogP contribution is 2.66. The topological polar surface area (TPSA) is 243 Å². The molecule has 0 aromatic carbocycles. The van der Waals surface area contributed by atoms with Crippen molar-refractivity contribution in [1.82, 2.24) is 19.6 Å². The summed E-state index contributed by atoms with van der Waals surface area (Å²) in [6.07, 6.45) is 7.36. The first-order chi connectivity index (χ1) is 32.1. The first kappa shape index (κ1) is 61.7. The van der Waals surface area contributed by atoms with Gasteiger partial charge in [-0.3, -0.25) is 19.2 Å². The van der Waals surface area contributed by atoms with Crippen molar-refractivity contribution in [1.29, 1.82) is 0 Å². The number of nitrogens with zero attached hydrogens (tertiary/aromatic N) is 4. The predicted molar refractivity (Wildman–Crippen MR) is 280 cm³/mol. The summed E-state index contributed by atoms with van der Waals surface area (Å²) in [5.74, 6) is 2.92. The quantitative estimate of drug-likeness (QED) is 0.0401. The van der Waals surface area contributed by atoms with Crippen molar-refractivity contribution in [2.75, 3.05) is 128 Å². The Morgan fingerprint density at radius 1 is 0.318 bits per heavy atom. The monoisotopic (exact) mass is 1080 g/mol. The van der Waals surface area contributed by atoms with Crippen LogP contribution in [-0.2, 0) is 19.2 Å². The van der Waals surface area contributed by atoms with Gasteiger partial charge in [0.05, 0.1) is 78.3 Å². The average molecular weight is 1080 g/mol. The number of rotatable bonds is 40. The lowest BCUT2D eigenvalue weighted by Crippen LogP contribution is -2.35. The SMILES string of the molecule is O=C(CCCCSC1=C(SCCCCC(=O)N(CCO)CCO)SC(=C2SC(SCCCCC(=O)N(CCO)CCO)=C(SCCCCC(=O)N(CCO)CCO)S2)S1)N(CCO)CCO. The average Bonchev–Trinajstić information content (AvgIpc) is 3.91. The third-order valence-corrected chi connectivity index (χ3v) is 21.6. The van der Waals surface area contributed by atoms with Crippen LogP contribution < -0.4 is 0 Å². The highest BCUT2D eigenvalue weighted by atomic mass is 32.3. The maximum Gasteiger partial charge on any atom is 0.222 e. The van der Waals surface area contributed by atoms with Crippen molar-refractivity contribution in [3.05, 3.63) is 25.4 Å². The molecule has 24 heteroatoms. The van der Waals surface area contributed by atoms with Gasteiger partial charge in [-0.15, -0.1) is 47.0 Å². The number of thioether (sulfide) groups is 8. The molecule has 16 nitrogen and oxygen atoms in total. The largest absolute Gasteiger partial charge is 0.395 e. The van der Waals surface area contributed by atoms with Crippen LogP contribution in [-0.4, -0.2) is 212 Å². The Morgan fingerprint density at radius 2 is 0.500 bits per heavy atom. The summed E-state index contributed by atoms with van der Waals surface area (Å²) < 4.78 is 7.19. The molecule has 0 aromatic rings. The molecule has 0 aromatic heterocycles. The Labute approximate surface area is 425 Å². The van der Waals surface area contributed by atoms with Gasteiger partial charge in [0.25, 0.3) is 0 Å². The highest BCUT2D eigenvalue weighted by Gasteiger charge is 2.31. The van der Waals surface area contributed by atoms with Gasteiger partial charge in [0, 0.05) is 78.0 Å². The summed E-state index contributed by atoms with van der Waals surface area (Å²) in [4.78, 5) is 56.7. The van der Waals surface area contributed by atoms with Gasteiger partial charge in [0.15, 0.2) is 0 Å². The van der Waals surface area contributed by atoms with E-state index in [0.717, 1.165) is 48.7 Å². The fourth-order valence-corrected chi connectivity index (χ4v) is 18.6. The molecule has 8 N–H and O–H groups in total. The van der Waals surface area contributed by atoms with Gasteiger partial charge in [0.2, 0.25) is 23.6 Å². The van der Waals surface area contributed by atoms with Gasteiger partial charge in [-0.05, 0) is 74.4 Å². The molecule has 0 spiro atoms. The van der Waals surface area contributed by atoms with Crippen molar-refractivity contribution in [3.63, 3.8) is 0 Å². The number of hydrogen-bond acceptors (Lipinski definition) is 20. The van der Waals surface area contributed by atoms with Gasteiger partial charge in [-0.1, -0.05) is 47.0 Å². The summed E-state index contributed by atoms with van der Waals surface area (Å²) in [5, 5.41) is 74.6. The Balaban J connectivity index is 2.16. The number of amides is 4. The molecule has 2 rings (SSSR count). The summed E-state index contributed by atoms with van der Waals surface area (Å²) in [5.41, 5.74) is 0. The molecule has 0 radical (unpaired) electrons. The predicted octanol–water partition coefficient (Wildman–Crippen LogP) is 4.19. The molecule has 380 valence electrons. The molecule has 0 fully saturated rings. The molecular formula is C42H72N4O12S8. The molecule has 0 aliphatic carbocycles. The van der Waals surface area contributed by atoms with Gasteiger partial charge in [-0.2, -0.15) is 0 Å². The highest BCUT2D eigenvalue weighted by molar-refractivity contribution is 8.45. The van der Waals surface area contributed by atoms with E-state index < -0.39 is 0 Å². The molecule has 0 atom stereocenters. The Kier molecular flexibility index (Phi) is 36.7. The van der Waals surface area contributed by atoms with Gasteiger partial charge < -0.3 is 60.5 Å². The lowest BCUT2D eigenvalue weighted by atomic mass is 10.2. The van der Waals surface area contributed by atoms with Crippen LogP contribution in [0, 0.1) is 0 Å². The van der Waals surface area contributed by atoms with Crippen molar-refractivity contribution in [3.8, 4) is 0 Å².